The number of Topliss-reactive ketones (excluding diaryl/α,β-unsaturated/α-hetero) is 1. The highest BCUT2D eigenvalue weighted by Crippen LogP contribution is 2.26. The van der Waals surface area contributed by atoms with E-state index in [1.807, 2.05) is 0 Å². The van der Waals surface area contributed by atoms with E-state index in [0.717, 1.165) is 0 Å². The van der Waals surface area contributed by atoms with Gasteiger partial charge in [0, 0.05) is 25.5 Å². The zero-order valence-electron chi connectivity index (χ0n) is 17.9. The summed E-state index contributed by atoms with van der Waals surface area (Å²) in [5.41, 5.74) is 0.950. The predicted molar refractivity (Wildman–Crippen MR) is 113 cm³/mol. The number of nitroso groups, excluding NO2 is 1. The maximum absolute atomic E-state index is 10.8. The summed E-state index contributed by atoms with van der Waals surface area (Å²) in [5, 5.41) is 13.4. The van der Waals surface area contributed by atoms with Crippen LogP contribution >= 0.6 is 0 Å². The van der Waals surface area contributed by atoms with Crippen molar-refractivity contribution in [3.63, 3.8) is 0 Å². The summed E-state index contributed by atoms with van der Waals surface area (Å²) in [5.74, 6) is -0.842. The van der Waals surface area contributed by atoms with Crippen LogP contribution in [-0.4, -0.2) is 29.8 Å². The third-order valence-corrected chi connectivity index (χ3v) is 3.58. The Labute approximate surface area is 179 Å². The molecule has 0 spiro atoms. The lowest BCUT2D eigenvalue weighted by Gasteiger charge is -2.11. The molecule has 2 aromatic rings. The predicted octanol–water partition coefficient (Wildman–Crippen LogP) is 4.69. The SMILES string of the molecule is CC(=O)OC(C)c1ccccc1[N+](=O)[O-].CC(=O)c1ccccc1N=O.COC(C)=O. The smallest absolute Gasteiger partial charge is 0.303 e. The standard InChI is InChI=1S/C10H11NO4.C8H7NO2.C3H6O2/c1-7(15-8(2)12)9-5-3-4-6-10(9)11(13)14;1-6(10)7-4-2-3-5-8(7)9-11;1-3(4)5-2/h3-7H,1-2H3;2-5H,1H3;1-2H3. The molecule has 166 valence electrons. The number of nitrogens with zero attached hydrogens (tertiary/aromatic N) is 2. The number of carbonyl (C=O) groups excluding carboxylic acids is 3. The van der Waals surface area contributed by atoms with Crippen molar-refractivity contribution in [1.82, 2.24) is 0 Å². The number of para-hydroxylation sites is 1. The molecule has 0 aliphatic carbocycles. The summed E-state index contributed by atoms with van der Waals surface area (Å²) < 4.78 is 8.99. The van der Waals surface area contributed by atoms with E-state index in [-0.39, 0.29) is 23.1 Å². The van der Waals surface area contributed by atoms with Crippen LogP contribution in [0.2, 0.25) is 0 Å². The molecule has 0 heterocycles. The molecule has 0 saturated heterocycles. The van der Waals surface area contributed by atoms with Crippen molar-refractivity contribution in [2.45, 2.75) is 33.8 Å². The molecule has 0 aliphatic heterocycles. The summed E-state index contributed by atoms with van der Waals surface area (Å²) in [6.07, 6.45) is -0.607. The highest BCUT2D eigenvalue weighted by Gasteiger charge is 2.19. The minimum absolute atomic E-state index is 0.0359. The van der Waals surface area contributed by atoms with Crippen LogP contribution in [0.15, 0.2) is 53.7 Å². The number of nitro benzene ring substituents is 1. The van der Waals surface area contributed by atoms with E-state index in [9.17, 15) is 29.4 Å². The Bertz CT molecular complexity index is 927. The van der Waals surface area contributed by atoms with Crippen LogP contribution in [0.25, 0.3) is 0 Å². The van der Waals surface area contributed by atoms with Crippen molar-refractivity contribution in [3.8, 4) is 0 Å². The average molecular weight is 432 g/mol. The van der Waals surface area contributed by atoms with Gasteiger partial charge in [0.05, 0.1) is 17.6 Å². The Morgan fingerprint density at radius 1 is 0.968 bits per heavy atom. The number of benzene rings is 2. The number of ether oxygens (including phenoxy) is 2. The van der Waals surface area contributed by atoms with Crippen molar-refractivity contribution in [3.05, 3.63) is 74.7 Å². The maximum Gasteiger partial charge on any atom is 0.303 e. The number of ketones is 1. The number of nitro groups is 1. The van der Waals surface area contributed by atoms with Gasteiger partial charge >= 0.3 is 11.9 Å². The number of carbonyl (C=O) groups is 3. The molecule has 10 nitrogen and oxygen atoms in total. The van der Waals surface area contributed by atoms with Crippen molar-refractivity contribution in [2.75, 3.05) is 7.11 Å². The first-order chi connectivity index (χ1) is 14.5. The Kier molecular flexibility index (Phi) is 12.3. The number of hydrogen-bond acceptors (Lipinski definition) is 9. The zero-order valence-corrected chi connectivity index (χ0v) is 17.9. The Morgan fingerprint density at radius 2 is 1.48 bits per heavy atom. The van der Waals surface area contributed by atoms with Gasteiger partial charge in [-0.25, -0.2) is 0 Å². The summed E-state index contributed by atoms with van der Waals surface area (Å²) >= 11 is 0. The Balaban J connectivity index is 0.000000492. The quantitative estimate of drug-likeness (QED) is 0.218. The van der Waals surface area contributed by atoms with Gasteiger partial charge in [-0.3, -0.25) is 24.5 Å². The van der Waals surface area contributed by atoms with E-state index < -0.39 is 17.0 Å². The fourth-order valence-corrected chi connectivity index (χ4v) is 2.16. The molecule has 31 heavy (non-hydrogen) atoms. The lowest BCUT2D eigenvalue weighted by atomic mass is 10.1. The number of methoxy groups -OCH3 is 1. The number of esters is 2. The topological polar surface area (TPSA) is 142 Å². The second kappa shape index (κ2) is 14.1. The lowest BCUT2D eigenvalue weighted by Crippen LogP contribution is -2.07. The Hall–Kier alpha value is -3.95. The highest BCUT2D eigenvalue weighted by atomic mass is 16.6. The van der Waals surface area contributed by atoms with Gasteiger partial charge in [-0.15, -0.1) is 4.91 Å². The average Bonchev–Trinajstić information content (AvgIpc) is 2.73. The molecule has 0 bridgehead atoms. The van der Waals surface area contributed by atoms with E-state index in [0.29, 0.717) is 11.1 Å². The Morgan fingerprint density at radius 3 is 1.90 bits per heavy atom. The lowest BCUT2D eigenvalue weighted by molar-refractivity contribution is -0.386. The van der Waals surface area contributed by atoms with Crippen molar-refractivity contribution in [2.24, 2.45) is 5.18 Å². The van der Waals surface area contributed by atoms with Crippen LogP contribution in [-0.2, 0) is 19.1 Å². The van der Waals surface area contributed by atoms with Crippen LogP contribution in [0, 0.1) is 15.0 Å². The molecule has 0 aromatic heterocycles. The van der Waals surface area contributed by atoms with Gasteiger partial charge in [0.2, 0.25) is 0 Å². The molecule has 10 heteroatoms. The molecule has 1 unspecified atom stereocenters. The zero-order chi connectivity index (χ0) is 24.0. The van der Waals surface area contributed by atoms with E-state index in [4.69, 9.17) is 4.74 Å². The van der Waals surface area contributed by atoms with Gasteiger partial charge in [-0.2, -0.15) is 0 Å². The van der Waals surface area contributed by atoms with Gasteiger partial charge < -0.3 is 9.47 Å². The fraction of sp³-hybridized carbons (Fsp3) is 0.286. The maximum atomic E-state index is 10.8. The molecule has 0 radical (unpaired) electrons. The van der Waals surface area contributed by atoms with Crippen molar-refractivity contribution < 1.29 is 28.8 Å². The molecule has 0 aliphatic rings. The third-order valence-electron chi connectivity index (χ3n) is 3.58. The van der Waals surface area contributed by atoms with E-state index in [2.05, 4.69) is 9.91 Å². The third kappa shape index (κ3) is 10.4. The normalized spacial score (nSPS) is 10.1. The van der Waals surface area contributed by atoms with E-state index in [1.54, 1.807) is 43.3 Å². The molecular weight excluding hydrogens is 408 g/mol. The second-order valence-electron chi connectivity index (χ2n) is 5.93. The van der Waals surface area contributed by atoms with Gasteiger partial charge in [-0.1, -0.05) is 24.3 Å². The first-order valence-corrected chi connectivity index (χ1v) is 8.93. The first-order valence-electron chi connectivity index (χ1n) is 8.93. The van der Waals surface area contributed by atoms with Crippen LogP contribution in [0.3, 0.4) is 0 Å². The highest BCUT2D eigenvalue weighted by molar-refractivity contribution is 5.98. The van der Waals surface area contributed by atoms with Crippen molar-refractivity contribution >= 4 is 29.1 Å². The summed E-state index contributed by atoms with van der Waals surface area (Å²) in [6, 6.07) is 12.7. The number of rotatable bonds is 5. The monoisotopic (exact) mass is 432 g/mol. The minimum Gasteiger partial charge on any atom is -0.469 e. The van der Waals surface area contributed by atoms with Gasteiger partial charge in [0.25, 0.3) is 5.69 Å². The summed E-state index contributed by atoms with van der Waals surface area (Å²) in [4.78, 5) is 51.4. The molecule has 2 aromatic carbocycles. The summed E-state index contributed by atoms with van der Waals surface area (Å²) in [7, 11) is 1.35. The van der Waals surface area contributed by atoms with Crippen LogP contribution in [0.5, 0.6) is 0 Å². The van der Waals surface area contributed by atoms with Gasteiger partial charge in [0.1, 0.15) is 11.8 Å². The number of hydrogen-bond donors (Lipinski definition) is 0. The summed E-state index contributed by atoms with van der Waals surface area (Å²) in [6.45, 7) is 5.64. The molecule has 0 saturated carbocycles. The minimum atomic E-state index is -0.607. The van der Waals surface area contributed by atoms with Crippen LogP contribution in [0.4, 0.5) is 11.4 Å². The van der Waals surface area contributed by atoms with Crippen LogP contribution in [0.1, 0.15) is 49.7 Å². The fourth-order valence-electron chi connectivity index (χ4n) is 2.16. The van der Waals surface area contributed by atoms with Gasteiger partial charge in [-0.05, 0) is 37.2 Å². The first kappa shape index (κ1) is 27.0. The van der Waals surface area contributed by atoms with Crippen molar-refractivity contribution in [1.29, 1.82) is 0 Å². The van der Waals surface area contributed by atoms with Gasteiger partial charge in [0.15, 0.2) is 5.78 Å². The van der Waals surface area contributed by atoms with E-state index >= 15 is 0 Å². The van der Waals surface area contributed by atoms with Crippen LogP contribution < -0.4 is 0 Å². The van der Waals surface area contributed by atoms with E-state index in [1.165, 1.54) is 40.0 Å². The molecule has 0 amide bonds. The molecule has 0 fully saturated rings. The molecule has 1 atom stereocenters. The molecule has 2 rings (SSSR count). The molecule has 0 N–H and O–H groups in total. The largest absolute Gasteiger partial charge is 0.469 e. The molecular formula is C21H24N2O8. The second-order valence-corrected chi connectivity index (χ2v) is 5.93.